The molecular weight excluding hydrogens is 386 g/mol. The zero-order valence-electron chi connectivity index (χ0n) is 17.9. The number of aryl methyl sites for hydroxylation is 2. The second kappa shape index (κ2) is 8.62. The molecule has 0 aliphatic carbocycles. The molecule has 4 aromatic carbocycles. The summed E-state index contributed by atoms with van der Waals surface area (Å²) in [6.07, 6.45) is 0. The summed E-state index contributed by atoms with van der Waals surface area (Å²) in [5, 5.41) is 1.66. The maximum absolute atomic E-state index is 12.7. The molecule has 1 unspecified atom stereocenters. The van der Waals surface area contributed by atoms with E-state index in [1.165, 1.54) is 0 Å². The molecule has 0 bridgehead atoms. The van der Waals surface area contributed by atoms with Crippen LogP contribution in [0, 0.1) is 13.8 Å². The molecule has 0 spiro atoms. The lowest BCUT2D eigenvalue weighted by Crippen LogP contribution is -2.26. The fourth-order valence-electron chi connectivity index (χ4n) is 3.37. The Bertz CT molecular complexity index is 1230. The molecule has 1 atom stereocenters. The highest BCUT2D eigenvalue weighted by Crippen LogP contribution is 2.39. The van der Waals surface area contributed by atoms with Crippen LogP contribution in [0.4, 0.5) is 0 Å². The van der Waals surface area contributed by atoms with Crippen molar-refractivity contribution in [3.63, 3.8) is 0 Å². The number of ether oxygens (including phenoxy) is 2. The van der Waals surface area contributed by atoms with Gasteiger partial charge in [-0.2, -0.15) is 0 Å². The summed E-state index contributed by atoms with van der Waals surface area (Å²) in [4.78, 5) is 12.7. The van der Waals surface area contributed by atoms with Crippen molar-refractivity contribution in [2.24, 2.45) is 5.73 Å². The summed E-state index contributed by atoms with van der Waals surface area (Å²) in [7, 11) is 0. The molecule has 0 amide bonds. The van der Waals surface area contributed by atoms with Crippen LogP contribution in [0.15, 0.2) is 78.9 Å². The molecule has 4 heteroatoms. The van der Waals surface area contributed by atoms with Gasteiger partial charge in [-0.3, -0.25) is 4.79 Å². The van der Waals surface area contributed by atoms with Gasteiger partial charge in [0.25, 0.3) is 0 Å². The SMILES string of the molecule is Cc1ccc(Oc2cc3cccc(C(=O)C(C)N)c3cc2Oc2ccc(C)cc2)cc1. The minimum absolute atomic E-state index is 0.112. The van der Waals surface area contributed by atoms with Crippen molar-refractivity contribution in [1.29, 1.82) is 0 Å². The Labute approximate surface area is 182 Å². The van der Waals surface area contributed by atoms with E-state index in [4.69, 9.17) is 15.2 Å². The average Bonchev–Trinajstić information content (AvgIpc) is 2.76. The molecule has 4 nitrogen and oxygen atoms in total. The van der Waals surface area contributed by atoms with E-state index >= 15 is 0 Å². The van der Waals surface area contributed by atoms with Gasteiger partial charge in [0, 0.05) is 5.56 Å². The number of hydrogen-bond acceptors (Lipinski definition) is 4. The van der Waals surface area contributed by atoms with E-state index in [0.717, 1.165) is 21.9 Å². The molecule has 31 heavy (non-hydrogen) atoms. The largest absolute Gasteiger partial charge is 0.453 e. The second-order valence-electron chi connectivity index (χ2n) is 7.81. The first-order valence-corrected chi connectivity index (χ1v) is 10.3. The molecule has 0 saturated carbocycles. The monoisotopic (exact) mass is 411 g/mol. The molecule has 156 valence electrons. The van der Waals surface area contributed by atoms with Gasteiger partial charge in [0.05, 0.1) is 6.04 Å². The summed E-state index contributed by atoms with van der Waals surface area (Å²) >= 11 is 0. The molecule has 4 aromatic rings. The van der Waals surface area contributed by atoms with Crippen molar-refractivity contribution in [2.75, 3.05) is 0 Å². The van der Waals surface area contributed by atoms with Crippen LogP contribution >= 0.6 is 0 Å². The van der Waals surface area contributed by atoms with Crippen molar-refractivity contribution in [3.8, 4) is 23.0 Å². The first-order chi connectivity index (χ1) is 14.9. The number of ketones is 1. The van der Waals surface area contributed by atoms with Crippen LogP contribution in [0.2, 0.25) is 0 Å². The van der Waals surface area contributed by atoms with Crippen molar-refractivity contribution in [2.45, 2.75) is 26.8 Å². The molecular formula is C27H25NO3. The fraction of sp³-hybridized carbons (Fsp3) is 0.148. The van der Waals surface area contributed by atoms with Crippen molar-refractivity contribution in [1.82, 2.24) is 0 Å². The van der Waals surface area contributed by atoms with Crippen LogP contribution < -0.4 is 15.2 Å². The van der Waals surface area contributed by atoms with E-state index in [1.54, 1.807) is 13.0 Å². The Kier molecular flexibility index (Phi) is 5.74. The van der Waals surface area contributed by atoms with Crippen molar-refractivity contribution < 1.29 is 14.3 Å². The Hall–Kier alpha value is -3.63. The minimum atomic E-state index is -0.587. The smallest absolute Gasteiger partial charge is 0.179 e. The first kappa shape index (κ1) is 20.6. The minimum Gasteiger partial charge on any atom is -0.453 e. The number of carbonyl (C=O) groups is 1. The van der Waals surface area contributed by atoms with Gasteiger partial charge < -0.3 is 15.2 Å². The molecule has 2 N–H and O–H groups in total. The third-order valence-electron chi connectivity index (χ3n) is 5.12. The van der Waals surface area contributed by atoms with Gasteiger partial charge in [-0.15, -0.1) is 0 Å². The van der Waals surface area contributed by atoms with Gasteiger partial charge in [-0.1, -0.05) is 53.6 Å². The van der Waals surface area contributed by atoms with Crippen molar-refractivity contribution >= 4 is 16.6 Å². The van der Waals surface area contributed by atoms with Crippen LogP contribution in [0.3, 0.4) is 0 Å². The Morgan fingerprint density at radius 2 is 1.29 bits per heavy atom. The average molecular weight is 412 g/mol. The number of fused-ring (bicyclic) bond motifs is 1. The van der Waals surface area contributed by atoms with Gasteiger partial charge in [0.1, 0.15) is 11.5 Å². The number of nitrogens with two attached hydrogens (primary N) is 1. The third-order valence-corrected chi connectivity index (χ3v) is 5.12. The zero-order chi connectivity index (χ0) is 22.0. The first-order valence-electron chi connectivity index (χ1n) is 10.3. The molecule has 0 heterocycles. The molecule has 0 saturated heterocycles. The second-order valence-corrected chi connectivity index (χ2v) is 7.81. The number of benzene rings is 4. The Morgan fingerprint density at radius 3 is 1.81 bits per heavy atom. The number of carbonyl (C=O) groups excluding carboxylic acids is 1. The lowest BCUT2D eigenvalue weighted by atomic mass is 9.98. The predicted molar refractivity (Wildman–Crippen MR) is 124 cm³/mol. The van der Waals surface area contributed by atoms with Crippen LogP contribution in [-0.4, -0.2) is 11.8 Å². The van der Waals surface area contributed by atoms with Gasteiger partial charge in [0.15, 0.2) is 17.3 Å². The molecule has 4 rings (SSSR count). The van der Waals surface area contributed by atoms with E-state index in [-0.39, 0.29) is 5.78 Å². The van der Waals surface area contributed by atoms with Crippen LogP contribution in [0.25, 0.3) is 10.8 Å². The van der Waals surface area contributed by atoms with E-state index in [1.807, 2.05) is 86.6 Å². The number of Topliss-reactive ketones (excluding diaryl/α,β-unsaturated/α-hetero) is 1. The highest BCUT2D eigenvalue weighted by Gasteiger charge is 2.17. The lowest BCUT2D eigenvalue weighted by molar-refractivity contribution is 0.0969. The van der Waals surface area contributed by atoms with E-state index in [9.17, 15) is 4.79 Å². The normalized spacial score (nSPS) is 11.9. The molecule has 0 aliphatic rings. The molecule has 0 radical (unpaired) electrons. The van der Waals surface area contributed by atoms with Crippen LogP contribution in [0.1, 0.15) is 28.4 Å². The van der Waals surface area contributed by atoms with Crippen LogP contribution in [-0.2, 0) is 0 Å². The highest BCUT2D eigenvalue weighted by molar-refractivity contribution is 6.10. The van der Waals surface area contributed by atoms with E-state index < -0.39 is 6.04 Å². The zero-order valence-corrected chi connectivity index (χ0v) is 17.9. The summed E-state index contributed by atoms with van der Waals surface area (Å²) in [6, 6.07) is 24.4. The number of rotatable bonds is 6. The van der Waals surface area contributed by atoms with Gasteiger partial charge in [0.2, 0.25) is 0 Å². The van der Waals surface area contributed by atoms with Crippen LogP contribution in [0.5, 0.6) is 23.0 Å². The predicted octanol–water partition coefficient (Wildman–Crippen LogP) is 6.57. The number of hydrogen-bond donors (Lipinski definition) is 1. The van der Waals surface area contributed by atoms with E-state index in [2.05, 4.69) is 0 Å². The maximum Gasteiger partial charge on any atom is 0.179 e. The Balaban J connectivity index is 1.84. The van der Waals surface area contributed by atoms with Crippen molar-refractivity contribution in [3.05, 3.63) is 95.6 Å². The third kappa shape index (κ3) is 4.60. The Morgan fingerprint density at radius 1 is 0.774 bits per heavy atom. The topological polar surface area (TPSA) is 61.5 Å². The standard InChI is InChI=1S/C27H25NO3/c1-17-7-11-21(12-8-17)30-25-15-20-5-4-6-23(27(29)19(3)28)24(20)16-26(25)31-22-13-9-18(2)10-14-22/h4-16,19H,28H2,1-3H3. The molecule has 0 aromatic heterocycles. The highest BCUT2D eigenvalue weighted by atomic mass is 16.5. The van der Waals surface area contributed by atoms with E-state index in [0.29, 0.717) is 28.6 Å². The summed E-state index contributed by atoms with van der Waals surface area (Å²) in [5.74, 6) is 2.39. The molecule has 0 fully saturated rings. The molecule has 0 aliphatic heterocycles. The fourth-order valence-corrected chi connectivity index (χ4v) is 3.37. The summed E-state index contributed by atoms with van der Waals surface area (Å²) in [6.45, 7) is 5.75. The maximum atomic E-state index is 12.7. The quantitative estimate of drug-likeness (QED) is 0.364. The lowest BCUT2D eigenvalue weighted by Gasteiger charge is -2.16. The summed E-state index contributed by atoms with van der Waals surface area (Å²) in [5.41, 5.74) is 8.74. The van der Waals surface area contributed by atoms with Gasteiger partial charge >= 0.3 is 0 Å². The van der Waals surface area contributed by atoms with Gasteiger partial charge in [-0.05, 0) is 67.9 Å². The summed E-state index contributed by atoms with van der Waals surface area (Å²) < 4.78 is 12.4. The van der Waals surface area contributed by atoms with Gasteiger partial charge in [-0.25, -0.2) is 0 Å².